The van der Waals surface area contributed by atoms with Crippen molar-refractivity contribution in [3.8, 4) is 5.75 Å². The van der Waals surface area contributed by atoms with E-state index in [0.717, 1.165) is 19.9 Å². The first-order valence-electron chi connectivity index (χ1n) is 10.2. The molecule has 0 aliphatic heterocycles. The van der Waals surface area contributed by atoms with Gasteiger partial charge in [0.15, 0.2) is 18.4 Å². The standard InChI is InChI=1S/C23H27F3N4O3/c1-12(14-6-15(8-16(27)7-14)23(25,26)22(3,4)31)28-21-17-9-20(33-11-32-5)18(24)10-19(17)29-13(2)30-21/h6-10,12,31H,11,27H2,1-5H3,(H,28,29,30)/t12-/m1/s1. The molecular formula is C23H27F3N4O3. The Hall–Kier alpha value is -3.11. The highest BCUT2D eigenvalue weighted by atomic mass is 19.3. The molecule has 0 aliphatic rings. The van der Waals surface area contributed by atoms with Crippen LogP contribution in [-0.4, -0.2) is 34.6 Å². The fourth-order valence-electron chi connectivity index (χ4n) is 3.34. The molecule has 3 aromatic rings. The topological polar surface area (TPSA) is 103 Å². The lowest BCUT2D eigenvalue weighted by Gasteiger charge is -2.30. The molecule has 1 atom stereocenters. The molecule has 10 heteroatoms. The summed E-state index contributed by atoms with van der Waals surface area (Å²) in [6.45, 7) is 5.34. The second-order valence-corrected chi connectivity index (χ2v) is 8.36. The van der Waals surface area contributed by atoms with Crippen molar-refractivity contribution in [2.45, 2.75) is 45.3 Å². The van der Waals surface area contributed by atoms with E-state index in [-0.39, 0.29) is 18.2 Å². The summed E-state index contributed by atoms with van der Waals surface area (Å²) in [5, 5.41) is 13.6. The van der Waals surface area contributed by atoms with Crippen molar-refractivity contribution in [3.05, 3.63) is 53.1 Å². The summed E-state index contributed by atoms with van der Waals surface area (Å²) in [4.78, 5) is 8.66. The maximum atomic E-state index is 14.8. The van der Waals surface area contributed by atoms with Crippen molar-refractivity contribution in [2.24, 2.45) is 0 Å². The van der Waals surface area contributed by atoms with Crippen LogP contribution in [0.25, 0.3) is 10.9 Å². The number of hydrogen-bond acceptors (Lipinski definition) is 7. The van der Waals surface area contributed by atoms with E-state index < -0.39 is 28.9 Å². The summed E-state index contributed by atoms with van der Waals surface area (Å²) in [6, 6.07) is 6.15. The molecule has 1 heterocycles. The number of benzene rings is 2. The number of rotatable bonds is 8. The highest BCUT2D eigenvalue weighted by Crippen LogP contribution is 2.40. The minimum absolute atomic E-state index is 0.0384. The quantitative estimate of drug-likeness (QED) is 0.329. The molecule has 0 fully saturated rings. The van der Waals surface area contributed by atoms with E-state index >= 15 is 0 Å². The van der Waals surface area contributed by atoms with Crippen LogP contribution in [-0.2, 0) is 10.7 Å². The summed E-state index contributed by atoms with van der Waals surface area (Å²) < 4.78 is 54.0. The predicted molar refractivity (Wildman–Crippen MR) is 120 cm³/mol. The average Bonchev–Trinajstić information content (AvgIpc) is 2.71. The van der Waals surface area contributed by atoms with Gasteiger partial charge in [-0.15, -0.1) is 0 Å². The molecule has 0 radical (unpaired) electrons. The maximum absolute atomic E-state index is 14.8. The lowest BCUT2D eigenvalue weighted by atomic mass is 9.91. The maximum Gasteiger partial charge on any atom is 0.300 e. The zero-order valence-electron chi connectivity index (χ0n) is 19.0. The summed E-state index contributed by atoms with van der Waals surface area (Å²) in [6.07, 6.45) is 0. The first kappa shape index (κ1) is 24.5. The zero-order valence-corrected chi connectivity index (χ0v) is 19.0. The van der Waals surface area contributed by atoms with Crippen LogP contribution in [0.15, 0.2) is 30.3 Å². The number of alkyl halides is 2. The Bertz CT molecular complexity index is 1170. The molecule has 33 heavy (non-hydrogen) atoms. The van der Waals surface area contributed by atoms with Gasteiger partial charge in [0.2, 0.25) is 0 Å². The third-order valence-corrected chi connectivity index (χ3v) is 5.16. The minimum atomic E-state index is -3.53. The summed E-state index contributed by atoms with van der Waals surface area (Å²) >= 11 is 0. The second-order valence-electron chi connectivity index (χ2n) is 8.36. The molecule has 3 rings (SSSR count). The number of ether oxygens (including phenoxy) is 2. The molecule has 4 N–H and O–H groups in total. The number of nitrogens with two attached hydrogens (primary N) is 1. The van der Waals surface area contributed by atoms with Crippen molar-refractivity contribution in [2.75, 3.05) is 25.0 Å². The van der Waals surface area contributed by atoms with Crippen LogP contribution in [0, 0.1) is 12.7 Å². The van der Waals surface area contributed by atoms with E-state index in [1.54, 1.807) is 19.9 Å². The number of aromatic nitrogens is 2. The van der Waals surface area contributed by atoms with Crippen molar-refractivity contribution in [3.63, 3.8) is 0 Å². The Balaban J connectivity index is 2.02. The molecule has 2 aromatic carbocycles. The number of nitrogens with zero attached hydrogens (tertiary/aromatic N) is 2. The molecular weight excluding hydrogens is 437 g/mol. The molecule has 0 spiro atoms. The van der Waals surface area contributed by atoms with Crippen molar-refractivity contribution >= 4 is 22.4 Å². The van der Waals surface area contributed by atoms with Gasteiger partial charge in [-0.25, -0.2) is 14.4 Å². The van der Waals surface area contributed by atoms with Crippen LogP contribution < -0.4 is 15.8 Å². The fraction of sp³-hybridized carbons (Fsp3) is 0.391. The zero-order chi connectivity index (χ0) is 24.6. The lowest BCUT2D eigenvalue weighted by molar-refractivity contribution is -0.168. The third-order valence-electron chi connectivity index (χ3n) is 5.16. The van der Waals surface area contributed by atoms with Crippen LogP contribution in [0.3, 0.4) is 0 Å². The van der Waals surface area contributed by atoms with E-state index in [0.29, 0.717) is 28.1 Å². The van der Waals surface area contributed by atoms with Crippen LogP contribution in [0.1, 0.15) is 43.8 Å². The third kappa shape index (κ3) is 5.12. The Kier molecular flexibility index (Phi) is 6.71. The van der Waals surface area contributed by atoms with Crippen LogP contribution in [0.5, 0.6) is 5.75 Å². The van der Waals surface area contributed by atoms with Gasteiger partial charge in [-0.05, 0) is 57.5 Å². The van der Waals surface area contributed by atoms with E-state index in [9.17, 15) is 18.3 Å². The molecule has 0 saturated heterocycles. The number of anilines is 2. The molecule has 178 valence electrons. The highest BCUT2D eigenvalue weighted by Gasteiger charge is 2.47. The molecule has 7 nitrogen and oxygen atoms in total. The Labute approximate surface area is 189 Å². The van der Waals surface area contributed by atoms with Crippen molar-refractivity contribution < 1.29 is 27.8 Å². The Morgan fingerprint density at radius 2 is 1.85 bits per heavy atom. The molecule has 0 unspecified atom stereocenters. The monoisotopic (exact) mass is 464 g/mol. The number of aliphatic hydroxyl groups is 1. The largest absolute Gasteiger partial charge is 0.464 e. The number of fused-ring (bicyclic) bond motifs is 1. The van der Waals surface area contributed by atoms with Gasteiger partial charge in [0.1, 0.15) is 17.2 Å². The molecule has 1 aromatic heterocycles. The molecule has 0 saturated carbocycles. The number of aryl methyl sites for hydroxylation is 1. The number of nitrogens with one attached hydrogen (secondary N) is 1. The number of nitrogen functional groups attached to an aromatic ring is 1. The normalized spacial score (nSPS) is 13.2. The van der Waals surface area contributed by atoms with Crippen LogP contribution in [0.2, 0.25) is 0 Å². The highest BCUT2D eigenvalue weighted by molar-refractivity contribution is 5.90. The number of methoxy groups -OCH3 is 1. The fourth-order valence-corrected chi connectivity index (χ4v) is 3.34. The van der Waals surface area contributed by atoms with Crippen LogP contribution >= 0.6 is 0 Å². The average molecular weight is 464 g/mol. The van der Waals surface area contributed by atoms with Crippen LogP contribution in [0.4, 0.5) is 24.7 Å². The predicted octanol–water partition coefficient (Wildman–Crippen LogP) is 4.68. The van der Waals surface area contributed by atoms with Crippen molar-refractivity contribution in [1.82, 2.24) is 9.97 Å². The minimum Gasteiger partial charge on any atom is -0.464 e. The molecule has 0 aliphatic carbocycles. The second kappa shape index (κ2) is 9.03. The van der Waals surface area contributed by atoms with Gasteiger partial charge in [-0.3, -0.25) is 0 Å². The van der Waals surface area contributed by atoms with E-state index in [1.807, 2.05) is 0 Å². The Morgan fingerprint density at radius 3 is 2.48 bits per heavy atom. The van der Waals surface area contributed by atoms with E-state index in [1.165, 1.54) is 25.3 Å². The summed E-state index contributed by atoms with van der Waals surface area (Å²) in [7, 11) is 1.42. The SMILES string of the molecule is COCOc1cc2c(N[C@H](C)c3cc(N)cc(C(F)(F)C(C)(C)O)c3)nc(C)nc2cc1F. The molecule has 0 amide bonds. The van der Waals surface area contributed by atoms with Gasteiger partial charge in [0.25, 0.3) is 0 Å². The van der Waals surface area contributed by atoms with Gasteiger partial charge >= 0.3 is 5.92 Å². The Morgan fingerprint density at radius 1 is 1.15 bits per heavy atom. The van der Waals surface area contributed by atoms with Gasteiger partial charge in [-0.2, -0.15) is 8.78 Å². The first-order chi connectivity index (χ1) is 15.3. The van der Waals surface area contributed by atoms with Gasteiger partial charge in [0, 0.05) is 29.8 Å². The summed E-state index contributed by atoms with van der Waals surface area (Å²) in [5.74, 6) is -3.41. The van der Waals surface area contributed by atoms with Gasteiger partial charge in [0.05, 0.1) is 11.6 Å². The lowest BCUT2D eigenvalue weighted by Crippen LogP contribution is -2.40. The van der Waals surface area contributed by atoms with E-state index in [4.69, 9.17) is 15.2 Å². The van der Waals surface area contributed by atoms with E-state index in [2.05, 4.69) is 15.3 Å². The summed E-state index contributed by atoms with van der Waals surface area (Å²) in [5.41, 5.74) is 4.14. The van der Waals surface area contributed by atoms with Gasteiger partial charge in [-0.1, -0.05) is 0 Å². The smallest absolute Gasteiger partial charge is 0.300 e. The number of halogens is 3. The first-order valence-corrected chi connectivity index (χ1v) is 10.2. The number of hydrogen-bond donors (Lipinski definition) is 3. The van der Waals surface area contributed by atoms with Crippen molar-refractivity contribution in [1.29, 1.82) is 0 Å². The van der Waals surface area contributed by atoms with Gasteiger partial charge < -0.3 is 25.6 Å². The molecule has 0 bridgehead atoms.